The lowest BCUT2D eigenvalue weighted by atomic mass is 9.95. The van der Waals surface area contributed by atoms with Gasteiger partial charge in [-0.05, 0) is 50.1 Å². The van der Waals surface area contributed by atoms with Gasteiger partial charge in [0.2, 0.25) is 0 Å². The topological polar surface area (TPSA) is 32.5 Å². The average Bonchev–Trinajstić information content (AvgIpc) is 2.86. The van der Waals surface area contributed by atoms with Crippen LogP contribution in [-0.2, 0) is 6.54 Å². The Hall–Kier alpha value is -0.900. The van der Waals surface area contributed by atoms with Crippen LogP contribution in [0, 0.1) is 5.92 Å². The molecular formula is C17H29N3. The third kappa shape index (κ3) is 3.40. The number of hydrogen-bond acceptors (Lipinski definition) is 3. The minimum Gasteiger partial charge on any atom is -0.330 e. The summed E-state index contributed by atoms with van der Waals surface area (Å²) in [7, 11) is 2.23. The second-order valence-corrected chi connectivity index (χ2v) is 5.95. The van der Waals surface area contributed by atoms with Gasteiger partial charge in [-0.2, -0.15) is 0 Å². The molecule has 1 heterocycles. The Morgan fingerprint density at radius 3 is 2.55 bits per heavy atom. The van der Waals surface area contributed by atoms with E-state index in [0.717, 1.165) is 32.7 Å². The molecule has 0 radical (unpaired) electrons. The molecule has 112 valence electrons. The molecule has 1 aliphatic heterocycles. The van der Waals surface area contributed by atoms with Crippen LogP contribution in [0.4, 0.5) is 0 Å². The van der Waals surface area contributed by atoms with Gasteiger partial charge in [0.25, 0.3) is 0 Å². The molecule has 2 atom stereocenters. The highest BCUT2D eigenvalue weighted by atomic mass is 15.2. The lowest BCUT2D eigenvalue weighted by molar-refractivity contribution is 0.284. The van der Waals surface area contributed by atoms with E-state index in [9.17, 15) is 0 Å². The molecular weight excluding hydrogens is 246 g/mol. The Morgan fingerprint density at radius 2 is 1.95 bits per heavy atom. The van der Waals surface area contributed by atoms with Gasteiger partial charge in [0.15, 0.2) is 0 Å². The molecule has 0 aromatic heterocycles. The first kappa shape index (κ1) is 15.5. The monoisotopic (exact) mass is 275 g/mol. The Morgan fingerprint density at radius 1 is 1.25 bits per heavy atom. The van der Waals surface area contributed by atoms with Crippen LogP contribution in [0.25, 0.3) is 0 Å². The Kier molecular flexibility index (Phi) is 5.58. The van der Waals surface area contributed by atoms with E-state index < -0.39 is 0 Å². The van der Waals surface area contributed by atoms with Gasteiger partial charge in [-0.25, -0.2) is 0 Å². The fourth-order valence-electron chi connectivity index (χ4n) is 3.33. The highest BCUT2D eigenvalue weighted by molar-refractivity contribution is 5.31. The molecule has 20 heavy (non-hydrogen) atoms. The number of hydrogen-bond donors (Lipinski definition) is 1. The van der Waals surface area contributed by atoms with Crippen LogP contribution >= 0.6 is 0 Å². The van der Waals surface area contributed by atoms with E-state index in [2.05, 4.69) is 55.0 Å². The molecule has 1 aromatic rings. The number of likely N-dealkylation sites (tertiary alicyclic amines) is 1. The summed E-state index contributed by atoms with van der Waals surface area (Å²) < 4.78 is 0. The van der Waals surface area contributed by atoms with E-state index in [-0.39, 0.29) is 0 Å². The number of rotatable bonds is 6. The van der Waals surface area contributed by atoms with Gasteiger partial charge < -0.3 is 5.73 Å². The molecule has 0 saturated carbocycles. The molecule has 2 rings (SSSR count). The van der Waals surface area contributed by atoms with E-state index in [1.165, 1.54) is 17.5 Å². The maximum atomic E-state index is 5.86. The summed E-state index contributed by atoms with van der Waals surface area (Å²) in [6.07, 6.45) is 1.20. The zero-order valence-electron chi connectivity index (χ0n) is 13.2. The van der Waals surface area contributed by atoms with Crippen molar-refractivity contribution in [2.75, 3.05) is 33.2 Å². The van der Waals surface area contributed by atoms with Crippen molar-refractivity contribution in [3.05, 3.63) is 35.4 Å². The van der Waals surface area contributed by atoms with Crippen molar-refractivity contribution in [1.82, 2.24) is 9.80 Å². The molecule has 0 bridgehead atoms. The summed E-state index contributed by atoms with van der Waals surface area (Å²) in [5.41, 5.74) is 8.84. The summed E-state index contributed by atoms with van der Waals surface area (Å²) in [4.78, 5) is 4.95. The first-order chi connectivity index (χ1) is 9.69. The van der Waals surface area contributed by atoms with Gasteiger partial charge in [0.1, 0.15) is 0 Å². The predicted octanol–water partition coefficient (Wildman–Crippen LogP) is 2.48. The minimum atomic E-state index is 0.537. The summed E-state index contributed by atoms with van der Waals surface area (Å²) in [5.74, 6) is 0.645. The SMILES string of the molecule is CCN(CC)Cc1ccccc1C1CC(CN)CN1C. The molecule has 1 saturated heterocycles. The van der Waals surface area contributed by atoms with Gasteiger partial charge in [0, 0.05) is 19.1 Å². The highest BCUT2D eigenvalue weighted by Crippen LogP contribution is 2.35. The Bertz CT molecular complexity index is 414. The first-order valence-corrected chi connectivity index (χ1v) is 7.90. The van der Waals surface area contributed by atoms with Gasteiger partial charge in [0.05, 0.1) is 0 Å². The van der Waals surface area contributed by atoms with Crippen molar-refractivity contribution in [2.45, 2.75) is 32.9 Å². The molecule has 0 amide bonds. The molecule has 3 heteroatoms. The van der Waals surface area contributed by atoms with E-state index in [0.29, 0.717) is 12.0 Å². The van der Waals surface area contributed by atoms with E-state index in [1.54, 1.807) is 0 Å². The van der Waals surface area contributed by atoms with Crippen LogP contribution in [0.2, 0.25) is 0 Å². The lowest BCUT2D eigenvalue weighted by Gasteiger charge is -2.25. The molecule has 3 nitrogen and oxygen atoms in total. The zero-order chi connectivity index (χ0) is 14.5. The predicted molar refractivity (Wildman–Crippen MR) is 85.6 cm³/mol. The third-order valence-electron chi connectivity index (χ3n) is 4.67. The van der Waals surface area contributed by atoms with Crippen molar-refractivity contribution >= 4 is 0 Å². The highest BCUT2D eigenvalue weighted by Gasteiger charge is 2.30. The summed E-state index contributed by atoms with van der Waals surface area (Å²) >= 11 is 0. The molecule has 2 unspecified atom stereocenters. The largest absolute Gasteiger partial charge is 0.330 e. The van der Waals surface area contributed by atoms with Gasteiger partial charge in [-0.3, -0.25) is 9.80 Å². The fraction of sp³-hybridized carbons (Fsp3) is 0.647. The second kappa shape index (κ2) is 7.21. The number of benzene rings is 1. The summed E-state index contributed by atoms with van der Waals surface area (Å²) in [6, 6.07) is 9.47. The molecule has 1 fully saturated rings. The molecule has 2 N–H and O–H groups in total. The summed E-state index contributed by atoms with van der Waals surface area (Å²) in [5, 5.41) is 0. The standard InChI is InChI=1S/C17H29N3/c1-4-20(5-2)13-15-8-6-7-9-16(15)17-10-14(11-18)12-19(17)3/h6-9,14,17H,4-5,10-13,18H2,1-3H3. The molecule has 0 aliphatic carbocycles. The average molecular weight is 275 g/mol. The van der Waals surface area contributed by atoms with Crippen LogP contribution < -0.4 is 5.73 Å². The Labute approximate surface area is 123 Å². The first-order valence-electron chi connectivity index (χ1n) is 7.90. The second-order valence-electron chi connectivity index (χ2n) is 5.95. The number of nitrogens with zero attached hydrogens (tertiary/aromatic N) is 2. The molecule has 1 aromatic carbocycles. The van der Waals surface area contributed by atoms with E-state index >= 15 is 0 Å². The van der Waals surface area contributed by atoms with Crippen LogP contribution in [0.1, 0.15) is 37.4 Å². The van der Waals surface area contributed by atoms with Crippen molar-refractivity contribution in [3.8, 4) is 0 Å². The van der Waals surface area contributed by atoms with Gasteiger partial charge >= 0.3 is 0 Å². The van der Waals surface area contributed by atoms with Crippen LogP contribution in [0.3, 0.4) is 0 Å². The summed E-state index contributed by atoms with van der Waals surface area (Å²) in [6.45, 7) is 9.67. The fourth-order valence-corrected chi connectivity index (χ4v) is 3.33. The van der Waals surface area contributed by atoms with Crippen LogP contribution in [0.5, 0.6) is 0 Å². The normalized spacial score (nSPS) is 23.6. The zero-order valence-corrected chi connectivity index (χ0v) is 13.2. The number of nitrogens with two attached hydrogens (primary N) is 1. The quantitative estimate of drug-likeness (QED) is 0.865. The van der Waals surface area contributed by atoms with E-state index in [4.69, 9.17) is 5.73 Å². The van der Waals surface area contributed by atoms with Crippen LogP contribution in [-0.4, -0.2) is 43.0 Å². The maximum absolute atomic E-state index is 5.86. The van der Waals surface area contributed by atoms with Crippen molar-refractivity contribution in [2.24, 2.45) is 11.7 Å². The molecule has 0 spiro atoms. The minimum absolute atomic E-state index is 0.537. The van der Waals surface area contributed by atoms with Gasteiger partial charge in [-0.1, -0.05) is 38.1 Å². The molecule has 1 aliphatic rings. The van der Waals surface area contributed by atoms with Crippen molar-refractivity contribution < 1.29 is 0 Å². The van der Waals surface area contributed by atoms with Crippen molar-refractivity contribution in [3.63, 3.8) is 0 Å². The Balaban J connectivity index is 2.19. The third-order valence-corrected chi connectivity index (χ3v) is 4.67. The van der Waals surface area contributed by atoms with E-state index in [1.807, 2.05) is 0 Å². The smallest absolute Gasteiger partial charge is 0.0352 e. The lowest BCUT2D eigenvalue weighted by Crippen LogP contribution is -2.25. The van der Waals surface area contributed by atoms with Gasteiger partial charge in [-0.15, -0.1) is 0 Å². The van der Waals surface area contributed by atoms with Crippen molar-refractivity contribution in [1.29, 1.82) is 0 Å². The van der Waals surface area contributed by atoms with Crippen LogP contribution in [0.15, 0.2) is 24.3 Å². The maximum Gasteiger partial charge on any atom is 0.0352 e.